The van der Waals surface area contributed by atoms with Crippen molar-refractivity contribution in [3.05, 3.63) is 29.2 Å². The van der Waals surface area contributed by atoms with E-state index in [1.54, 1.807) is 7.11 Å². The van der Waals surface area contributed by atoms with Crippen LogP contribution >= 0.6 is 0 Å². The van der Waals surface area contributed by atoms with E-state index in [-0.39, 0.29) is 0 Å². The molecule has 5 nitrogen and oxygen atoms in total. The van der Waals surface area contributed by atoms with E-state index in [1.807, 2.05) is 6.07 Å². The maximum absolute atomic E-state index is 5.55. The lowest BCUT2D eigenvalue weighted by Gasteiger charge is -2.20. The van der Waals surface area contributed by atoms with E-state index in [0.717, 1.165) is 66.3 Å². The Morgan fingerprint density at radius 1 is 0.885 bits per heavy atom. The number of nitrogens with one attached hydrogen (secondary N) is 1. The molecule has 142 valence electrons. The van der Waals surface area contributed by atoms with Crippen LogP contribution < -0.4 is 10.1 Å². The van der Waals surface area contributed by atoms with Crippen molar-refractivity contribution < 1.29 is 4.74 Å². The first-order valence-corrected chi connectivity index (χ1v) is 9.82. The SMILES string of the molecule is CCc1ccc(-c2nc(CC)c(NC(CC)CC)nc2CC)c(OC)n1. The average Bonchev–Trinajstić information content (AvgIpc) is 2.70. The summed E-state index contributed by atoms with van der Waals surface area (Å²) in [5.41, 5.74) is 4.77. The van der Waals surface area contributed by atoms with Crippen LogP contribution in [0.4, 0.5) is 5.82 Å². The van der Waals surface area contributed by atoms with Gasteiger partial charge in [-0.2, -0.15) is 0 Å². The molecule has 0 saturated carbocycles. The number of anilines is 1. The molecule has 5 heteroatoms. The highest BCUT2D eigenvalue weighted by atomic mass is 16.5. The highest BCUT2D eigenvalue weighted by molar-refractivity contribution is 5.69. The second kappa shape index (κ2) is 9.51. The molecule has 2 aromatic heterocycles. The molecule has 0 aliphatic carbocycles. The Morgan fingerprint density at radius 3 is 2.12 bits per heavy atom. The minimum Gasteiger partial charge on any atom is -0.480 e. The zero-order valence-electron chi connectivity index (χ0n) is 17.0. The smallest absolute Gasteiger partial charge is 0.222 e. The summed E-state index contributed by atoms with van der Waals surface area (Å²) in [5, 5.41) is 3.58. The van der Waals surface area contributed by atoms with Gasteiger partial charge >= 0.3 is 0 Å². The Labute approximate surface area is 157 Å². The number of pyridine rings is 1. The zero-order chi connectivity index (χ0) is 19.1. The van der Waals surface area contributed by atoms with Gasteiger partial charge in [0.2, 0.25) is 5.88 Å². The van der Waals surface area contributed by atoms with Gasteiger partial charge in [0.25, 0.3) is 0 Å². The lowest BCUT2D eigenvalue weighted by Crippen LogP contribution is -2.20. The summed E-state index contributed by atoms with van der Waals surface area (Å²) in [6.07, 6.45) is 4.65. The second-order valence-corrected chi connectivity index (χ2v) is 6.39. The number of rotatable bonds is 9. The zero-order valence-corrected chi connectivity index (χ0v) is 17.0. The van der Waals surface area contributed by atoms with Crippen molar-refractivity contribution in [1.29, 1.82) is 0 Å². The molecule has 0 bridgehead atoms. The first kappa shape index (κ1) is 20.1. The number of methoxy groups -OCH3 is 1. The van der Waals surface area contributed by atoms with E-state index in [1.165, 1.54) is 0 Å². The first-order chi connectivity index (χ1) is 12.6. The summed E-state index contributed by atoms with van der Waals surface area (Å²) in [6.45, 7) is 10.7. The number of aromatic nitrogens is 3. The quantitative estimate of drug-likeness (QED) is 0.697. The normalized spacial score (nSPS) is 11.0. The van der Waals surface area contributed by atoms with Crippen LogP contribution in [0.25, 0.3) is 11.3 Å². The van der Waals surface area contributed by atoms with E-state index in [4.69, 9.17) is 14.7 Å². The van der Waals surface area contributed by atoms with Crippen molar-refractivity contribution in [3.63, 3.8) is 0 Å². The molecule has 2 rings (SSSR count). The predicted octanol–water partition coefficient (Wildman–Crippen LogP) is 4.83. The second-order valence-electron chi connectivity index (χ2n) is 6.39. The number of ether oxygens (including phenoxy) is 1. The van der Waals surface area contributed by atoms with Crippen LogP contribution in [0.2, 0.25) is 0 Å². The molecule has 1 N–H and O–H groups in total. The third-order valence-corrected chi connectivity index (χ3v) is 4.77. The number of nitrogens with zero attached hydrogens (tertiary/aromatic N) is 3. The Bertz CT molecular complexity index is 726. The molecule has 0 aromatic carbocycles. The van der Waals surface area contributed by atoms with Crippen LogP contribution in [0.3, 0.4) is 0 Å². The molecule has 0 spiro atoms. The van der Waals surface area contributed by atoms with Gasteiger partial charge in [0.1, 0.15) is 5.82 Å². The summed E-state index contributed by atoms with van der Waals surface area (Å²) in [4.78, 5) is 14.5. The van der Waals surface area contributed by atoms with Crippen molar-refractivity contribution in [2.75, 3.05) is 12.4 Å². The molecule has 0 aliphatic rings. The molecule has 0 fully saturated rings. The minimum absolute atomic E-state index is 0.421. The molecule has 2 heterocycles. The highest BCUT2D eigenvalue weighted by Crippen LogP contribution is 2.31. The largest absolute Gasteiger partial charge is 0.480 e. The van der Waals surface area contributed by atoms with Gasteiger partial charge in [-0.15, -0.1) is 0 Å². The van der Waals surface area contributed by atoms with Crippen LogP contribution in [0, 0.1) is 0 Å². The summed E-state index contributed by atoms with van der Waals surface area (Å²) in [6, 6.07) is 4.52. The average molecular weight is 357 g/mol. The fourth-order valence-electron chi connectivity index (χ4n) is 3.03. The van der Waals surface area contributed by atoms with Crippen LogP contribution in [0.15, 0.2) is 12.1 Å². The van der Waals surface area contributed by atoms with E-state index in [2.05, 4.69) is 51.0 Å². The number of hydrogen-bond acceptors (Lipinski definition) is 5. The van der Waals surface area contributed by atoms with Gasteiger partial charge in [0.15, 0.2) is 0 Å². The van der Waals surface area contributed by atoms with E-state index >= 15 is 0 Å². The molecule has 0 amide bonds. The van der Waals surface area contributed by atoms with Gasteiger partial charge in [0, 0.05) is 11.7 Å². The van der Waals surface area contributed by atoms with Crippen molar-refractivity contribution in [1.82, 2.24) is 15.0 Å². The fraction of sp³-hybridized carbons (Fsp3) is 0.571. The number of hydrogen-bond donors (Lipinski definition) is 1. The standard InChI is InChI=1S/C21H32N4O/c1-7-14(8-2)22-20-18(11-5)24-19(17(10-4)25-20)16-13-12-15(9-3)23-21(16)26-6/h12-14H,7-11H2,1-6H3,(H,22,25). The van der Waals surface area contributed by atoms with Gasteiger partial charge in [-0.05, 0) is 44.2 Å². The Morgan fingerprint density at radius 2 is 1.58 bits per heavy atom. The summed E-state index contributed by atoms with van der Waals surface area (Å²) < 4.78 is 5.55. The lowest BCUT2D eigenvalue weighted by atomic mass is 10.1. The van der Waals surface area contributed by atoms with Gasteiger partial charge in [0.05, 0.1) is 29.8 Å². The van der Waals surface area contributed by atoms with E-state index < -0.39 is 0 Å². The van der Waals surface area contributed by atoms with Gasteiger partial charge in [-0.1, -0.05) is 34.6 Å². The van der Waals surface area contributed by atoms with E-state index in [9.17, 15) is 0 Å². The summed E-state index contributed by atoms with van der Waals surface area (Å²) in [7, 11) is 1.66. The first-order valence-electron chi connectivity index (χ1n) is 9.82. The molecule has 0 unspecified atom stereocenters. The number of aryl methyl sites for hydroxylation is 3. The van der Waals surface area contributed by atoms with Crippen molar-refractivity contribution in [2.45, 2.75) is 72.8 Å². The van der Waals surface area contributed by atoms with Crippen LogP contribution in [0.5, 0.6) is 5.88 Å². The monoisotopic (exact) mass is 356 g/mol. The maximum Gasteiger partial charge on any atom is 0.222 e. The van der Waals surface area contributed by atoms with Crippen LogP contribution in [-0.4, -0.2) is 28.1 Å². The Hall–Kier alpha value is -2.17. The molecule has 0 saturated heterocycles. The lowest BCUT2D eigenvalue weighted by molar-refractivity contribution is 0.398. The third-order valence-electron chi connectivity index (χ3n) is 4.77. The molecule has 26 heavy (non-hydrogen) atoms. The molecule has 2 aromatic rings. The van der Waals surface area contributed by atoms with Crippen LogP contribution in [0.1, 0.15) is 64.5 Å². The molecular weight excluding hydrogens is 324 g/mol. The Balaban J connectivity index is 2.56. The minimum atomic E-state index is 0.421. The van der Waals surface area contributed by atoms with Crippen molar-refractivity contribution >= 4 is 5.82 Å². The molecule has 0 aliphatic heterocycles. The molecule has 0 radical (unpaired) electrons. The van der Waals surface area contributed by atoms with Crippen LogP contribution in [-0.2, 0) is 19.3 Å². The third kappa shape index (κ3) is 4.32. The molecule has 0 atom stereocenters. The fourth-order valence-corrected chi connectivity index (χ4v) is 3.03. The maximum atomic E-state index is 5.55. The van der Waals surface area contributed by atoms with Crippen molar-refractivity contribution in [2.24, 2.45) is 0 Å². The van der Waals surface area contributed by atoms with Gasteiger partial charge < -0.3 is 10.1 Å². The van der Waals surface area contributed by atoms with E-state index in [0.29, 0.717) is 11.9 Å². The Kier molecular flexibility index (Phi) is 7.37. The van der Waals surface area contributed by atoms with Gasteiger partial charge in [-0.3, -0.25) is 0 Å². The topological polar surface area (TPSA) is 59.9 Å². The summed E-state index contributed by atoms with van der Waals surface area (Å²) in [5.74, 6) is 1.54. The van der Waals surface area contributed by atoms with Gasteiger partial charge in [-0.25, -0.2) is 15.0 Å². The highest BCUT2D eigenvalue weighted by Gasteiger charge is 2.18. The summed E-state index contributed by atoms with van der Waals surface area (Å²) >= 11 is 0. The van der Waals surface area contributed by atoms with Crippen molar-refractivity contribution in [3.8, 4) is 17.1 Å². The molecular formula is C21H32N4O. The predicted molar refractivity (Wildman–Crippen MR) is 108 cm³/mol.